The van der Waals surface area contributed by atoms with E-state index in [2.05, 4.69) is 56.0 Å². The molecule has 0 bridgehead atoms. The molecule has 0 aliphatic rings. The largest absolute Gasteiger partial charge is 0.293 e. The Hall–Kier alpha value is -2.36. The number of nitrogens with zero attached hydrogens (tertiary/aromatic N) is 2. The number of hydrogen-bond acceptors (Lipinski definition) is 2. The number of benzene rings is 1. The van der Waals surface area contributed by atoms with Crippen molar-refractivity contribution >= 4 is 5.65 Å². The minimum absolute atomic E-state index is 0.0824. The second-order valence-electron chi connectivity index (χ2n) is 5.92. The van der Waals surface area contributed by atoms with Crippen LogP contribution in [-0.4, -0.2) is 14.6 Å². The summed E-state index contributed by atoms with van der Waals surface area (Å²) >= 11 is 0. The van der Waals surface area contributed by atoms with Gasteiger partial charge in [0.1, 0.15) is 0 Å². The van der Waals surface area contributed by atoms with Gasteiger partial charge in [-0.3, -0.25) is 9.89 Å². The molecule has 4 heteroatoms. The topological polar surface area (TPSA) is 50.2 Å². The summed E-state index contributed by atoms with van der Waals surface area (Å²) in [6, 6.07) is 9.75. The fourth-order valence-electron chi connectivity index (χ4n) is 2.58. The molecule has 0 aliphatic carbocycles. The number of aromatic amines is 1. The van der Waals surface area contributed by atoms with Crippen LogP contribution in [-0.2, 0) is 0 Å². The zero-order valence-corrected chi connectivity index (χ0v) is 12.8. The van der Waals surface area contributed by atoms with Gasteiger partial charge in [-0.25, -0.2) is 9.50 Å². The molecule has 21 heavy (non-hydrogen) atoms. The molecule has 0 atom stereocenters. The van der Waals surface area contributed by atoms with Gasteiger partial charge < -0.3 is 0 Å². The van der Waals surface area contributed by atoms with Gasteiger partial charge in [-0.2, -0.15) is 0 Å². The first-order valence-corrected chi connectivity index (χ1v) is 7.15. The molecule has 0 aliphatic heterocycles. The Morgan fingerprint density at radius 3 is 2.33 bits per heavy atom. The van der Waals surface area contributed by atoms with Gasteiger partial charge in [0.25, 0.3) is 5.56 Å². The van der Waals surface area contributed by atoms with Crippen molar-refractivity contribution in [2.75, 3.05) is 0 Å². The summed E-state index contributed by atoms with van der Waals surface area (Å²) < 4.78 is 1.50. The Labute approximate surface area is 123 Å². The standard InChI is InChI=1S/C17H19N3O/c1-10(2)14-8-16-18-15(9-17(21)20(16)19-14)13-6-11(3)5-12(4)7-13/h5-10,19H,1-4H3. The first-order chi connectivity index (χ1) is 9.94. The Kier molecular flexibility index (Phi) is 3.16. The first-order valence-electron chi connectivity index (χ1n) is 7.15. The molecule has 0 radical (unpaired) electrons. The van der Waals surface area contributed by atoms with E-state index in [-0.39, 0.29) is 5.56 Å². The highest BCUT2D eigenvalue weighted by molar-refractivity contribution is 5.63. The number of nitrogens with one attached hydrogen (secondary N) is 1. The number of rotatable bonds is 2. The average Bonchev–Trinajstić information content (AvgIpc) is 2.82. The second-order valence-corrected chi connectivity index (χ2v) is 5.92. The first kappa shape index (κ1) is 13.6. The monoisotopic (exact) mass is 281 g/mol. The van der Waals surface area contributed by atoms with Gasteiger partial charge in [-0.15, -0.1) is 0 Å². The summed E-state index contributed by atoms with van der Waals surface area (Å²) in [4.78, 5) is 16.9. The van der Waals surface area contributed by atoms with E-state index in [4.69, 9.17) is 0 Å². The van der Waals surface area contributed by atoms with Crippen LogP contribution >= 0.6 is 0 Å². The molecule has 0 amide bonds. The van der Waals surface area contributed by atoms with Crippen molar-refractivity contribution in [3.8, 4) is 11.3 Å². The molecule has 1 aromatic carbocycles. The smallest absolute Gasteiger partial charge is 0.273 e. The van der Waals surface area contributed by atoms with E-state index in [0.717, 1.165) is 17.0 Å². The van der Waals surface area contributed by atoms with Gasteiger partial charge >= 0.3 is 0 Å². The van der Waals surface area contributed by atoms with Crippen LogP contribution in [0, 0.1) is 13.8 Å². The van der Waals surface area contributed by atoms with Crippen LogP contribution in [0.3, 0.4) is 0 Å². The van der Waals surface area contributed by atoms with E-state index in [9.17, 15) is 4.79 Å². The summed E-state index contributed by atoms with van der Waals surface area (Å²) in [6.45, 7) is 8.27. The molecule has 0 saturated heterocycles. The molecular formula is C17H19N3O. The molecular weight excluding hydrogens is 262 g/mol. The highest BCUT2D eigenvalue weighted by Crippen LogP contribution is 2.21. The van der Waals surface area contributed by atoms with Crippen LogP contribution in [0.1, 0.15) is 36.6 Å². The van der Waals surface area contributed by atoms with Crippen molar-refractivity contribution in [1.29, 1.82) is 0 Å². The van der Waals surface area contributed by atoms with Crippen LogP contribution < -0.4 is 5.56 Å². The lowest BCUT2D eigenvalue weighted by Gasteiger charge is -2.04. The summed E-state index contributed by atoms with van der Waals surface area (Å²) in [5, 5.41) is 3.11. The molecule has 2 heterocycles. The van der Waals surface area contributed by atoms with Gasteiger partial charge in [0.15, 0.2) is 5.65 Å². The Morgan fingerprint density at radius 2 is 1.71 bits per heavy atom. The zero-order chi connectivity index (χ0) is 15.1. The lowest BCUT2D eigenvalue weighted by molar-refractivity contribution is 0.776. The van der Waals surface area contributed by atoms with Crippen LogP contribution in [0.15, 0.2) is 35.1 Å². The highest BCUT2D eigenvalue weighted by Gasteiger charge is 2.10. The van der Waals surface area contributed by atoms with Crippen molar-refractivity contribution in [2.45, 2.75) is 33.6 Å². The van der Waals surface area contributed by atoms with Gasteiger partial charge in [0.2, 0.25) is 0 Å². The quantitative estimate of drug-likeness (QED) is 0.782. The van der Waals surface area contributed by atoms with Crippen LogP contribution in [0.25, 0.3) is 16.9 Å². The van der Waals surface area contributed by atoms with Gasteiger partial charge in [0.05, 0.1) is 5.69 Å². The van der Waals surface area contributed by atoms with E-state index in [1.165, 1.54) is 15.6 Å². The summed E-state index contributed by atoms with van der Waals surface area (Å²) in [5.41, 5.74) is 5.65. The predicted octanol–water partition coefficient (Wildman–Crippen LogP) is 3.43. The molecule has 0 unspecified atom stereocenters. The molecule has 0 fully saturated rings. The van der Waals surface area contributed by atoms with Crippen molar-refractivity contribution < 1.29 is 0 Å². The lowest BCUT2D eigenvalue weighted by atomic mass is 10.0. The molecule has 108 valence electrons. The maximum Gasteiger partial charge on any atom is 0.273 e. The normalized spacial score (nSPS) is 11.5. The maximum absolute atomic E-state index is 12.3. The lowest BCUT2D eigenvalue weighted by Crippen LogP contribution is -2.14. The minimum atomic E-state index is -0.0824. The predicted molar refractivity (Wildman–Crippen MR) is 84.8 cm³/mol. The summed E-state index contributed by atoms with van der Waals surface area (Å²) in [6.07, 6.45) is 0. The molecule has 0 spiro atoms. The number of hydrogen-bond donors (Lipinski definition) is 1. The second kappa shape index (κ2) is 4.88. The third-order valence-corrected chi connectivity index (χ3v) is 3.61. The van der Waals surface area contributed by atoms with Crippen molar-refractivity contribution in [3.05, 3.63) is 57.5 Å². The molecule has 0 saturated carbocycles. The summed E-state index contributed by atoms with van der Waals surface area (Å²) in [5.74, 6) is 0.329. The fourth-order valence-corrected chi connectivity index (χ4v) is 2.58. The third kappa shape index (κ3) is 2.49. The molecule has 2 aromatic heterocycles. The molecule has 4 nitrogen and oxygen atoms in total. The Bertz CT molecular complexity index is 851. The SMILES string of the molecule is Cc1cc(C)cc(-c2cc(=O)n3[nH]c(C(C)C)cc3n2)c1. The maximum atomic E-state index is 12.3. The van der Waals surface area contributed by atoms with Crippen molar-refractivity contribution in [1.82, 2.24) is 14.6 Å². The Morgan fingerprint density at radius 1 is 1.05 bits per heavy atom. The van der Waals surface area contributed by atoms with Crippen molar-refractivity contribution in [2.24, 2.45) is 0 Å². The van der Waals surface area contributed by atoms with Crippen molar-refractivity contribution in [3.63, 3.8) is 0 Å². The summed E-state index contributed by atoms with van der Waals surface area (Å²) in [7, 11) is 0. The average molecular weight is 281 g/mol. The van der Waals surface area contributed by atoms with Gasteiger partial charge in [0, 0.05) is 23.4 Å². The van der Waals surface area contributed by atoms with Crippen LogP contribution in [0.2, 0.25) is 0 Å². The van der Waals surface area contributed by atoms with Gasteiger partial charge in [-0.1, -0.05) is 31.0 Å². The fraction of sp³-hybridized carbons (Fsp3) is 0.294. The number of aromatic nitrogens is 3. The third-order valence-electron chi connectivity index (χ3n) is 3.61. The molecule has 3 aromatic rings. The van der Waals surface area contributed by atoms with Gasteiger partial charge in [-0.05, 0) is 31.9 Å². The van der Waals surface area contributed by atoms with E-state index < -0.39 is 0 Å². The molecule has 1 N–H and O–H groups in total. The van der Waals surface area contributed by atoms with E-state index >= 15 is 0 Å². The van der Waals surface area contributed by atoms with E-state index in [1.807, 2.05) is 6.07 Å². The Balaban J connectivity index is 2.22. The minimum Gasteiger partial charge on any atom is -0.293 e. The zero-order valence-electron chi connectivity index (χ0n) is 12.8. The number of aryl methyl sites for hydroxylation is 2. The highest BCUT2D eigenvalue weighted by atomic mass is 16.1. The molecule has 3 rings (SSSR count). The van der Waals surface area contributed by atoms with Crippen LogP contribution in [0.4, 0.5) is 0 Å². The van der Waals surface area contributed by atoms with E-state index in [0.29, 0.717) is 11.6 Å². The number of fused-ring (bicyclic) bond motifs is 1. The van der Waals surface area contributed by atoms with E-state index in [1.54, 1.807) is 6.07 Å². The van der Waals surface area contributed by atoms with Crippen LogP contribution in [0.5, 0.6) is 0 Å². The number of H-pyrrole nitrogens is 1.